The van der Waals surface area contributed by atoms with Crippen molar-refractivity contribution < 1.29 is 28.4 Å². The predicted molar refractivity (Wildman–Crippen MR) is 208 cm³/mol. The van der Waals surface area contributed by atoms with Gasteiger partial charge in [-0.25, -0.2) is 4.57 Å². The number of unbranched alkanes of at least 4 members (excludes halogenated alkanes) is 27. The first-order valence-electron chi connectivity index (χ1n) is 20.8. The van der Waals surface area contributed by atoms with E-state index in [4.69, 9.17) is 14.8 Å². The minimum Gasteiger partial charge on any atom is -0.387 e. The van der Waals surface area contributed by atoms with E-state index in [0.29, 0.717) is 6.42 Å². The Labute approximate surface area is 303 Å². The smallest absolute Gasteiger partial charge is 0.387 e. The number of rotatable bonds is 39. The molecule has 0 heterocycles. The molecule has 0 spiro atoms. The van der Waals surface area contributed by atoms with Crippen LogP contribution in [-0.4, -0.2) is 47.8 Å². The Hall–Kier alpha value is -0.760. The maximum Gasteiger partial charge on any atom is 0.472 e. The van der Waals surface area contributed by atoms with E-state index in [1.165, 1.54) is 148 Å². The van der Waals surface area contributed by atoms with E-state index in [2.05, 4.69) is 19.2 Å². The molecule has 9 heteroatoms. The van der Waals surface area contributed by atoms with Crippen molar-refractivity contribution in [1.29, 1.82) is 0 Å². The summed E-state index contributed by atoms with van der Waals surface area (Å²) < 4.78 is 22.1. The van der Waals surface area contributed by atoms with Gasteiger partial charge in [0.25, 0.3) is 0 Å². The fourth-order valence-corrected chi connectivity index (χ4v) is 6.95. The Morgan fingerprint density at radius 2 is 1.04 bits per heavy atom. The van der Waals surface area contributed by atoms with Crippen LogP contribution in [0, 0.1) is 0 Å². The summed E-state index contributed by atoms with van der Waals surface area (Å²) in [5.41, 5.74) is 5.36. The minimum absolute atomic E-state index is 0.0812. The van der Waals surface area contributed by atoms with Crippen molar-refractivity contribution in [3.63, 3.8) is 0 Å². The molecule has 0 rings (SSSR count). The average molecular weight is 717 g/mol. The van der Waals surface area contributed by atoms with Gasteiger partial charge in [-0.1, -0.05) is 193 Å². The van der Waals surface area contributed by atoms with E-state index in [0.717, 1.165) is 38.5 Å². The second-order valence-electron chi connectivity index (χ2n) is 14.2. The second kappa shape index (κ2) is 37.0. The summed E-state index contributed by atoms with van der Waals surface area (Å²) in [6, 6.07) is -0.853. The van der Waals surface area contributed by atoms with E-state index in [1.54, 1.807) is 6.08 Å². The largest absolute Gasteiger partial charge is 0.472 e. The third kappa shape index (κ3) is 35.4. The van der Waals surface area contributed by atoms with Crippen LogP contribution < -0.4 is 11.1 Å². The van der Waals surface area contributed by atoms with E-state index >= 15 is 0 Å². The van der Waals surface area contributed by atoms with Crippen molar-refractivity contribution in [3.05, 3.63) is 12.2 Å². The summed E-state index contributed by atoms with van der Waals surface area (Å²) in [4.78, 5) is 22.6. The zero-order valence-electron chi connectivity index (χ0n) is 32.2. The van der Waals surface area contributed by atoms with Gasteiger partial charge in [-0.3, -0.25) is 13.8 Å². The lowest BCUT2D eigenvalue weighted by Crippen LogP contribution is -2.45. The van der Waals surface area contributed by atoms with Crippen LogP contribution in [0.4, 0.5) is 0 Å². The van der Waals surface area contributed by atoms with Crippen LogP contribution in [0.15, 0.2) is 12.2 Å². The Morgan fingerprint density at radius 3 is 1.45 bits per heavy atom. The van der Waals surface area contributed by atoms with Crippen molar-refractivity contribution in [1.82, 2.24) is 5.32 Å². The summed E-state index contributed by atoms with van der Waals surface area (Å²) in [7, 11) is -4.33. The van der Waals surface area contributed by atoms with Crippen molar-refractivity contribution in [2.24, 2.45) is 5.73 Å². The number of hydrogen-bond donors (Lipinski definition) is 4. The van der Waals surface area contributed by atoms with Crippen LogP contribution in [0.25, 0.3) is 0 Å². The molecule has 0 bridgehead atoms. The fraction of sp³-hybridized carbons (Fsp3) is 0.925. The highest BCUT2D eigenvalue weighted by Gasteiger charge is 2.26. The predicted octanol–water partition coefficient (Wildman–Crippen LogP) is 11.2. The standard InChI is InChI=1S/C40H81N2O6P/c1-3-5-7-9-11-13-15-17-18-19-20-21-22-23-25-27-29-31-33-39(43)38(37-48-49(45,46)47-36-35-41)42-40(44)34-32-30-28-26-24-16-14-12-10-8-6-4-2/h31,33,38-39,43H,3-30,32,34-37,41H2,1-2H3,(H,42,44)(H,45,46)/b33-31+. The first kappa shape index (κ1) is 48.2. The number of phosphoric ester groups is 1. The minimum atomic E-state index is -4.33. The Kier molecular flexibility index (Phi) is 36.4. The van der Waals surface area contributed by atoms with Gasteiger partial charge in [-0.05, 0) is 19.3 Å². The Bertz CT molecular complexity index is 784. The molecule has 3 atom stereocenters. The quantitative estimate of drug-likeness (QED) is 0.0283. The molecule has 0 aliphatic carbocycles. The number of carbonyl (C=O) groups is 1. The molecule has 49 heavy (non-hydrogen) atoms. The number of nitrogens with one attached hydrogen (secondary N) is 1. The van der Waals surface area contributed by atoms with Gasteiger partial charge in [0.1, 0.15) is 0 Å². The molecular weight excluding hydrogens is 635 g/mol. The molecule has 0 saturated carbocycles. The molecule has 0 aliphatic heterocycles. The lowest BCUT2D eigenvalue weighted by Gasteiger charge is -2.23. The molecule has 1 amide bonds. The van der Waals surface area contributed by atoms with E-state index < -0.39 is 20.0 Å². The number of aliphatic hydroxyl groups excluding tert-OH is 1. The van der Waals surface area contributed by atoms with Gasteiger partial charge >= 0.3 is 7.82 Å². The van der Waals surface area contributed by atoms with Crippen LogP contribution in [0.3, 0.4) is 0 Å². The van der Waals surface area contributed by atoms with Gasteiger partial charge in [0.2, 0.25) is 5.91 Å². The molecule has 5 N–H and O–H groups in total. The summed E-state index contributed by atoms with van der Waals surface area (Å²) in [6.45, 7) is 4.14. The molecule has 0 aliphatic rings. The number of nitrogens with two attached hydrogens (primary N) is 1. The van der Waals surface area contributed by atoms with Gasteiger partial charge in [-0.15, -0.1) is 0 Å². The highest BCUT2D eigenvalue weighted by molar-refractivity contribution is 7.47. The van der Waals surface area contributed by atoms with E-state index in [1.807, 2.05) is 6.08 Å². The molecular formula is C40H81N2O6P. The Balaban J connectivity index is 4.21. The lowest BCUT2D eigenvalue weighted by atomic mass is 10.0. The molecule has 0 fully saturated rings. The molecule has 0 saturated heterocycles. The van der Waals surface area contributed by atoms with Crippen molar-refractivity contribution >= 4 is 13.7 Å². The summed E-state index contributed by atoms with van der Waals surface area (Å²) >= 11 is 0. The monoisotopic (exact) mass is 717 g/mol. The molecule has 0 radical (unpaired) electrons. The van der Waals surface area contributed by atoms with Gasteiger partial charge in [0.15, 0.2) is 0 Å². The highest BCUT2D eigenvalue weighted by Crippen LogP contribution is 2.43. The third-order valence-electron chi connectivity index (χ3n) is 9.36. The summed E-state index contributed by atoms with van der Waals surface area (Å²) in [6.07, 6.45) is 39.7. The van der Waals surface area contributed by atoms with Crippen LogP contribution >= 0.6 is 7.82 Å². The van der Waals surface area contributed by atoms with Crippen LogP contribution in [0.5, 0.6) is 0 Å². The van der Waals surface area contributed by atoms with E-state index in [9.17, 15) is 19.4 Å². The first-order valence-corrected chi connectivity index (χ1v) is 22.3. The molecule has 3 unspecified atom stereocenters. The van der Waals surface area contributed by atoms with Crippen molar-refractivity contribution in [3.8, 4) is 0 Å². The SMILES string of the molecule is CCCCCCCCCCCCCCCCCC/C=C/C(O)C(COP(=O)(O)OCCN)NC(=O)CCCCCCCCCCCCCC. The maximum absolute atomic E-state index is 12.7. The molecule has 8 nitrogen and oxygen atoms in total. The van der Waals surface area contributed by atoms with Crippen LogP contribution in [-0.2, 0) is 18.4 Å². The van der Waals surface area contributed by atoms with Crippen LogP contribution in [0.1, 0.15) is 206 Å². The average Bonchev–Trinajstić information content (AvgIpc) is 3.09. The Morgan fingerprint density at radius 1 is 0.653 bits per heavy atom. The maximum atomic E-state index is 12.7. The molecule has 0 aromatic carbocycles. The fourth-order valence-electron chi connectivity index (χ4n) is 6.19. The van der Waals surface area contributed by atoms with Crippen molar-refractivity contribution in [2.75, 3.05) is 19.8 Å². The van der Waals surface area contributed by atoms with Gasteiger partial charge in [0.05, 0.1) is 25.4 Å². The van der Waals surface area contributed by atoms with E-state index in [-0.39, 0.29) is 25.7 Å². The topological polar surface area (TPSA) is 131 Å². The zero-order chi connectivity index (χ0) is 36.1. The number of allylic oxidation sites excluding steroid dienone is 1. The molecule has 0 aromatic rings. The third-order valence-corrected chi connectivity index (χ3v) is 10.3. The number of phosphoric acid groups is 1. The van der Waals surface area contributed by atoms with Gasteiger partial charge in [-0.2, -0.15) is 0 Å². The molecule has 292 valence electrons. The number of hydrogen-bond acceptors (Lipinski definition) is 6. The highest BCUT2D eigenvalue weighted by atomic mass is 31.2. The second-order valence-corrected chi connectivity index (χ2v) is 15.7. The zero-order valence-corrected chi connectivity index (χ0v) is 33.1. The summed E-state index contributed by atoms with van der Waals surface area (Å²) in [5, 5.41) is 13.6. The molecule has 0 aromatic heterocycles. The van der Waals surface area contributed by atoms with Gasteiger partial charge < -0.3 is 21.1 Å². The van der Waals surface area contributed by atoms with Crippen molar-refractivity contribution in [2.45, 2.75) is 219 Å². The first-order chi connectivity index (χ1) is 23.9. The number of carbonyl (C=O) groups excluding carboxylic acids is 1. The lowest BCUT2D eigenvalue weighted by molar-refractivity contribution is -0.123. The normalized spacial score (nSPS) is 14.3. The number of aliphatic hydroxyl groups is 1. The number of amides is 1. The van der Waals surface area contributed by atoms with Gasteiger partial charge in [0, 0.05) is 13.0 Å². The van der Waals surface area contributed by atoms with Crippen LogP contribution in [0.2, 0.25) is 0 Å². The summed E-state index contributed by atoms with van der Waals surface area (Å²) in [5.74, 6) is -0.193.